The van der Waals surface area contributed by atoms with Gasteiger partial charge in [0.25, 0.3) is 0 Å². The van der Waals surface area contributed by atoms with E-state index in [0.29, 0.717) is 23.4 Å². The lowest BCUT2D eigenvalue weighted by Gasteiger charge is -2.39. The SMILES string of the molecule is CS(=O)(=O)C1CCC(C2CCCC(NCC3CCNS3)N2)CC1. The third-order valence-corrected chi connectivity index (χ3v) is 8.52. The normalized spacial score (nSPS) is 39.4. The van der Waals surface area contributed by atoms with Crippen LogP contribution in [0, 0.1) is 5.92 Å². The zero-order valence-electron chi connectivity index (χ0n) is 14.1. The number of piperidine rings is 1. The quantitative estimate of drug-likeness (QED) is 0.647. The van der Waals surface area contributed by atoms with Gasteiger partial charge in [-0.25, -0.2) is 8.42 Å². The van der Waals surface area contributed by atoms with Crippen molar-refractivity contribution in [2.45, 2.75) is 74.1 Å². The Labute approximate surface area is 145 Å². The van der Waals surface area contributed by atoms with Gasteiger partial charge in [-0.3, -0.25) is 10.0 Å². The van der Waals surface area contributed by atoms with Crippen molar-refractivity contribution in [1.82, 2.24) is 15.4 Å². The van der Waals surface area contributed by atoms with E-state index in [2.05, 4.69) is 15.4 Å². The summed E-state index contributed by atoms with van der Waals surface area (Å²) in [6.45, 7) is 2.20. The van der Waals surface area contributed by atoms with Crippen LogP contribution in [0.1, 0.15) is 51.4 Å². The van der Waals surface area contributed by atoms with Gasteiger partial charge >= 0.3 is 0 Å². The molecule has 2 heterocycles. The Morgan fingerprint density at radius 2 is 1.87 bits per heavy atom. The molecule has 7 heteroatoms. The van der Waals surface area contributed by atoms with Gasteiger partial charge in [0.15, 0.2) is 0 Å². The third kappa shape index (κ3) is 5.08. The Morgan fingerprint density at radius 3 is 2.52 bits per heavy atom. The molecule has 3 aliphatic rings. The first-order valence-electron chi connectivity index (χ1n) is 9.09. The van der Waals surface area contributed by atoms with Gasteiger partial charge in [0.05, 0.1) is 11.4 Å². The van der Waals surface area contributed by atoms with Crippen LogP contribution in [0.25, 0.3) is 0 Å². The molecule has 0 radical (unpaired) electrons. The van der Waals surface area contributed by atoms with E-state index in [0.717, 1.165) is 38.8 Å². The van der Waals surface area contributed by atoms with Crippen molar-refractivity contribution in [3.63, 3.8) is 0 Å². The van der Waals surface area contributed by atoms with Gasteiger partial charge in [-0.05, 0) is 57.3 Å². The van der Waals surface area contributed by atoms with Crippen molar-refractivity contribution in [2.24, 2.45) is 5.92 Å². The molecule has 1 aliphatic carbocycles. The van der Waals surface area contributed by atoms with Crippen LogP contribution in [0.3, 0.4) is 0 Å². The van der Waals surface area contributed by atoms with E-state index >= 15 is 0 Å². The lowest BCUT2D eigenvalue weighted by atomic mass is 9.80. The van der Waals surface area contributed by atoms with Crippen molar-refractivity contribution in [1.29, 1.82) is 0 Å². The summed E-state index contributed by atoms with van der Waals surface area (Å²) in [6.07, 6.45) is 10.6. The standard InChI is InChI=1S/C16H31N3O2S2/c1-23(20,21)14-7-5-12(6-8-14)15-3-2-4-16(19-15)17-11-13-9-10-18-22-13/h12-19H,2-11H2,1H3. The number of hydrogen-bond donors (Lipinski definition) is 3. The maximum absolute atomic E-state index is 11.7. The molecule has 3 fully saturated rings. The molecule has 0 amide bonds. The fourth-order valence-corrected chi connectivity index (χ4v) is 6.31. The van der Waals surface area contributed by atoms with Crippen LogP contribution in [0.5, 0.6) is 0 Å². The highest BCUT2D eigenvalue weighted by molar-refractivity contribution is 7.98. The predicted molar refractivity (Wildman–Crippen MR) is 97.2 cm³/mol. The third-order valence-electron chi connectivity index (χ3n) is 5.73. The Balaban J connectivity index is 1.43. The smallest absolute Gasteiger partial charge is 0.150 e. The molecule has 3 N–H and O–H groups in total. The maximum Gasteiger partial charge on any atom is 0.150 e. The molecular formula is C16H31N3O2S2. The topological polar surface area (TPSA) is 70.2 Å². The molecule has 0 aromatic rings. The first-order valence-corrected chi connectivity index (χ1v) is 11.9. The van der Waals surface area contributed by atoms with Gasteiger partial charge in [0, 0.05) is 30.6 Å². The van der Waals surface area contributed by atoms with Crippen molar-refractivity contribution < 1.29 is 8.42 Å². The van der Waals surface area contributed by atoms with E-state index in [1.165, 1.54) is 31.9 Å². The van der Waals surface area contributed by atoms with Gasteiger partial charge in [0.1, 0.15) is 9.84 Å². The first-order chi connectivity index (χ1) is 11.0. The van der Waals surface area contributed by atoms with Gasteiger partial charge < -0.3 is 5.32 Å². The Hall–Kier alpha value is 0.180. The fourth-order valence-electron chi connectivity index (χ4n) is 4.29. The fraction of sp³-hybridized carbons (Fsp3) is 1.00. The van der Waals surface area contributed by atoms with Crippen LogP contribution in [-0.2, 0) is 9.84 Å². The molecule has 0 bridgehead atoms. The summed E-state index contributed by atoms with van der Waals surface area (Å²) >= 11 is 1.87. The molecule has 3 rings (SSSR count). The van der Waals surface area contributed by atoms with Crippen LogP contribution >= 0.6 is 11.9 Å². The average molecular weight is 362 g/mol. The molecule has 0 aromatic heterocycles. The minimum Gasteiger partial charge on any atom is -0.301 e. The first kappa shape index (κ1) is 18.0. The summed E-state index contributed by atoms with van der Waals surface area (Å²) in [5.41, 5.74) is 0. The summed E-state index contributed by atoms with van der Waals surface area (Å²) in [5, 5.41) is 8.11. The zero-order valence-corrected chi connectivity index (χ0v) is 15.7. The summed E-state index contributed by atoms with van der Waals surface area (Å²) in [5.74, 6) is 0.653. The lowest BCUT2D eigenvalue weighted by Crippen LogP contribution is -2.54. The lowest BCUT2D eigenvalue weighted by molar-refractivity contribution is 0.190. The highest BCUT2D eigenvalue weighted by Crippen LogP contribution is 2.33. The second kappa shape index (κ2) is 8.04. The Morgan fingerprint density at radius 1 is 1.09 bits per heavy atom. The highest BCUT2D eigenvalue weighted by atomic mass is 32.2. The molecule has 2 aliphatic heterocycles. The molecular weight excluding hydrogens is 330 g/mol. The number of hydrogen-bond acceptors (Lipinski definition) is 6. The molecule has 134 valence electrons. The summed E-state index contributed by atoms with van der Waals surface area (Å²) in [4.78, 5) is 0. The molecule has 1 saturated carbocycles. The van der Waals surface area contributed by atoms with Gasteiger partial charge in [0.2, 0.25) is 0 Å². The predicted octanol–water partition coefficient (Wildman–Crippen LogP) is 1.66. The molecule has 23 heavy (non-hydrogen) atoms. The van der Waals surface area contributed by atoms with Gasteiger partial charge in [-0.1, -0.05) is 11.9 Å². The largest absolute Gasteiger partial charge is 0.301 e. The summed E-state index contributed by atoms with van der Waals surface area (Å²) < 4.78 is 26.7. The minimum absolute atomic E-state index is 0.0943. The number of rotatable bonds is 5. The highest BCUT2D eigenvalue weighted by Gasteiger charge is 2.34. The molecule has 3 atom stereocenters. The van der Waals surface area contributed by atoms with E-state index in [4.69, 9.17) is 0 Å². The average Bonchev–Trinajstić information content (AvgIpc) is 3.06. The second-order valence-electron chi connectivity index (χ2n) is 7.45. The maximum atomic E-state index is 11.7. The van der Waals surface area contributed by atoms with E-state index < -0.39 is 9.84 Å². The molecule has 0 spiro atoms. The molecule has 3 unspecified atom stereocenters. The molecule has 0 aromatic carbocycles. The second-order valence-corrected chi connectivity index (χ2v) is 11.0. The van der Waals surface area contributed by atoms with Crippen LogP contribution in [0.15, 0.2) is 0 Å². The number of sulfone groups is 1. The Bertz CT molecular complexity index is 472. The van der Waals surface area contributed by atoms with Crippen molar-refractivity contribution >= 4 is 21.8 Å². The monoisotopic (exact) mass is 361 g/mol. The summed E-state index contributed by atoms with van der Waals surface area (Å²) in [6, 6.07) is 0.566. The summed E-state index contributed by atoms with van der Waals surface area (Å²) in [7, 11) is -2.85. The molecule has 5 nitrogen and oxygen atoms in total. The van der Waals surface area contributed by atoms with Crippen molar-refractivity contribution in [2.75, 3.05) is 19.3 Å². The Kier molecular flexibility index (Phi) is 6.29. The zero-order chi connectivity index (χ0) is 16.3. The van der Waals surface area contributed by atoms with Gasteiger partial charge in [-0.2, -0.15) is 0 Å². The van der Waals surface area contributed by atoms with Crippen molar-refractivity contribution in [3.8, 4) is 0 Å². The number of nitrogens with one attached hydrogen (secondary N) is 3. The van der Waals surface area contributed by atoms with Crippen LogP contribution in [0.2, 0.25) is 0 Å². The van der Waals surface area contributed by atoms with Gasteiger partial charge in [-0.15, -0.1) is 0 Å². The van der Waals surface area contributed by atoms with E-state index in [1.807, 2.05) is 11.9 Å². The molecule has 2 saturated heterocycles. The van der Waals surface area contributed by atoms with Crippen molar-refractivity contribution in [3.05, 3.63) is 0 Å². The van der Waals surface area contributed by atoms with E-state index in [1.54, 1.807) is 0 Å². The van der Waals surface area contributed by atoms with E-state index in [-0.39, 0.29) is 5.25 Å². The van der Waals surface area contributed by atoms with Crippen LogP contribution < -0.4 is 15.4 Å². The van der Waals surface area contributed by atoms with Crippen LogP contribution in [0.4, 0.5) is 0 Å². The van der Waals surface area contributed by atoms with E-state index in [9.17, 15) is 8.42 Å². The minimum atomic E-state index is -2.85. The van der Waals surface area contributed by atoms with Crippen LogP contribution in [-0.4, -0.2) is 50.5 Å².